The Morgan fingerprint density at radius 1 is 0.854 bits per heavy atom. The van der Waals surface area contributed by atoms with E-state index in [1.807, 2.05) is 0 Å². The van der Waals surface area contributed by atoms with Crippen LogP contribution in [-0.4, -0.2) is 105 Å². The molecule has 3 aliphatic heterocycles. The molecule has 16 atom stereocenters. The van der Waals surface area contributed by atoms with Crippen molar-refractivity contribution in [2.24, 2.45) is 44.8 Å². The summed E-state index contributed by atoms with van der Waals surface area (Å²) in [6.45, 7) is 14.0. The van der Waals surface area contributed by atoms with Crippen LogP contribution in [0.25, 0.3) is 0 Å². The lowest BCUT2D eigenvalue weighted by Crippen LogP contribution is -2.63. The number of aliphatic hydroxyl groups is 5. The minimum Gasteiger partial charge on any atom is -0.459 e. The SMILES string of the molecule is CC(=O)O[C@H]1[C@@H](O)[C@@]2(C)[C@H]3CC[C@H]4C(C)(C)[C@@H](O[C@@H]5OC[C@@H](O)[C@H](O)[C@H]5O)CC[C@@]45C[C@@]35CC[C@@]23CO[C@@]2(C(C)(C)O)CC[C@](C)(O2)[C@@H]13. The van der Waals surface area contributed by atoms with E-state index in [9.17, 15) is 30.3 Å². The van der Waals surface area contributed by atoms with Crippen molar-refractivity contribution >= 4 is 5.97 Å². The van der Waals surface area contributed by atoms with E-state index in [1.165, 1.54) is 6.92 Å². The Morgan fingerprint density at radius 3 is 2.21 bits per heavy atom. The van der Waals surface area contributed by atoms with E-state index >= 15 is 0 Å². The molecule has 0 unspecified atom stereocenters. The highest BCUT2D eigenvalue weighted by Gasteiger charge is 2.87. The van der Waals surface area contributed by atoms with E-state index in [2.05, 4.69) is 27.7 Å². The Balaban J connectivity index is 1.13. The predicted octanol–water partition coefficient (Wildman–Crippen LogP) is 2.81. The molecule has 5 N–H and O–H groups in total. The molecule has 0 amide bonds. The third-order valence-corrected chi connectivity index (χ3v) is 16.4. The Hall–Kier alpha value is -0.890. The van der Waals surface area contributed by atoms with Crippen LogP contribution in [0.5, 0.6) is 0 Å². The predicted molar refractivity (Wildman–Crippen MR) is 170 cm³/mol. The van der Waals surface area contributed by atoms with Crippen molar-refractivity contribution in [2.45, 2.75) is 166 Å². The average molecular weight is 679 g/mol. The van der Waals surface area contributed by atoms with Gasteiger partial charge in [-0.05, 0) is 100 Å². The molecule has 8 aliphatic rings. The van der Waals surface area contributed by atoms with E-state index in [-0.39, 0.29) is 40.8 Å². The maximum atomic E-state index is 12.7. The van der Waals surface area contributed by atoms with Crippen LogP contribution >= 0.6 is 0 Å². The molecular weight excluding hydrogens is 620 g/mol. The van der Waals surface area contributed by atoms with Crippen molar-refractivity contribution in [2.75, 3.05) is 13.2 Å². The average Bonchev–Trinajstić information content (AvgIpc) is 3.50. The molecule has 3 spiro atoms. The van der Waals surface area contributed by atoms with Gasteiger partial charge in [0.05, 0.1) is 31.0 Å². The van der Waals surface area contributed by atoms with E-state index in [0.717, 1.165) is 44.9 Å². The van der Waals surface area contributed by atoms with Gasteiger partial charge in [-0.1, -0.05) is 20.8 Å². The summed E-state index contributed by atoms with van der Waals surface area (Å²) in [7, 11) is 0. The van der Waals surface area contributed by atoms with Crippen LogP contribution in [0.15, 0.2) is 0 Å². The maximum Gasteiger partial charge on any atom is 0.303 e. The zero-order chi connectivity index (χ0) is 34.7. The van der Waals surface area contributed by atoms with Gasteiger partial charge in [0.2, 0.25) is 0 Å². The second kappa shape index (κ2) is 10.2. The molecule has 0 aromatic carbocycles. The highest BCUT2D eigenvalue weighted by Crippen LogP contribution is 2.89. The summed E-state index contributed by atoms with van der Waals surface area (Å²) in [6, 6.07) is 0. The maximum absolute atomic E-state index is 12.7. The van der Waals surface area contributed by atoms with Crippen molar-refractivity contribution in [3.05, 3.63) is 0 Å². The van der Waals surface area contributed by atoms with Crippen LogP contribution in [0.2, 0.25) is 0 Å². The van der Waals surface area contributed by atoms with Crippen molar-refractivity contribution < 1.29 is 54.0 Å². The zero-order valence-corrected chi connectivity index (χ0v) is 29.7. The molecule has 3 heterocycles. The summed E-state index contributed by atoms with van der Waals surface area (Å²) >= 11 is 0. The first kappa shape index (κ1) is 34.2. The molecule has 0 radical (unpaired) electrons. The van der Waals surface area contributed by atoms with Gasteiger partial charge in [-0.25, -0.2) is 0 Å². The van der Waals surface area contributed by atoms with E-state index in [1.54, 1.807) is 13.8 Å². The van der Waals surface area contributed by atoms with E-state index in [4.69, 9.17) is 23.7 Å². The summed E-state index contributed by atoms with van der Waals surface area (Å²) < 4.78 is 31.9. The van der Waals surface area contributed by atoms with Crippen LogP contribution in [0.3, 0.4) is 0 Å². The molecule has 0 aromatic heterocycles. The van der Waals surface area contributed by atoms with E-state index < -0.39 is 70.6 Å². The first-order valence-electron chi connectivity index (χ1n) is 18.5. The summed E-state index contributed by atoms with van der Waals surface area (Å²) in [5.74, 6) is -1.33. The molecule has 0 aromatic rings. The Labute approximate surface area is 284 Å². The van der Waals surface area contributed by atoms with Crippen LogP contribution in [-0.2, 0) is 28.5 Å². The zero-order valence-electron chi connectivity index (χ0n) is 29.7. The molecule has 5 aliphatic carbocycles. The summed E-state index contributed by atoms with van der Waals surface area (Å²) in [5.41, 5.74) is -3.27. The second-order valence-corrected chi connectivity index (χ2v) is 18.9. The molecule has 48 heavy (non-hydrogen) atoms. The van der Waals surface area contributed by atoms with Gasteiger partial charge < -0.3 is 49.2 Å². The third kappa shape index (κ3) is 3.95. The first-order chi connectivity index (χ1) is 22.3. The number of aliphatic hydroxyl groups excluding tert-OH is 4. The number of hydrogen-bond donors (Lipinski definition) is 5. The molecule has 11 heteroatoms. The minimum absolute atomic E-state index is 0.0248. The van der Waals surface area contributed by atoms with Crippen LogP contribution in [0.4, 0.5) is 0 Å². The lowest BCUT2D eigenvalue weighted by atomic mass is 9.41. The Bertz CT molecular complexity index is 1350. The molecule has 2 bridgehead atoms. The molecule has 8 rings (SSSR count). The van der Waals surface area contributed by atoms with Gasteiger partial charge in [-0.2, -0.15) is 0 Å². The molecule has 8 fully saturated rings. The minimum atomic E-state index is -1.32. The highest BCUT2D eigenvalue weighted by atomic mass is 16.7. The summed E-state index contributed by atoms with van der Waals surface area (Å²) in [4.78, 5) is 12.7. The van der Waals surface area contributed by atoms with Crippen molar-refractivity contribution in [3.63, 3.8) is 0 Å². The van der Waals surface area contributed by atoms with E-state index in [0.29, 0.717) is 25.4 Å². The monoisotopic (exact) mass is 678 g/mol. The lowest BCUT2D eigenvalue weighted by molar-refractivity contribution is -0.317. The number of carbonyl (C=O) groups is 1. The van der Waals surface area contributed by atoms with Gasteiger partial charge in [0.25, 0.3) is 0 Å². The number of esters is 1. The standard InChI is InChI=1S/C37H58O11/c1-19(38)46-26-27-32(6)12-15-37(48-32,31(4,5)43)45-18-36(27)14-13-35-17-34(35)11-10-23(47-29-25(41)24(40)20(39)16-44-29)30(2,3)21(34)8-9-22(35)33(36,7)28(26)42/h20-29,39-43H,8-18H2,1-7H3/t20-,21+,22-,23+,24+,25-,26-,27-,28-,29+,32+,33-,34-,35+,36+,37+/m1/s1. The number of carbonyl (C=O) groups excluding carboxylic acids is 1. The van der Waals surface area contributed by atoms with Gasteiger partial charge >= 0.3 is 5.97 Å². The molecular formula is C37H58O11. The first-order valence-corrected chi connectivity index (χ1v) is 18.5. The summed E-state index contributed by atoms with van der Waals surface area (Å²) in [6.07, 6.45) is 1.09. The van der Waals surface area contributed by atoms with Crippen molar-refractivity contribution in [1.82, 2.24) is 0 Å². The fraction of sp³-hybridized carbons (Fsp3) is 0.973. The number of rotatable bonds is 4. The normalized spacial score (nSPS) is 58.1. The largest absolute Gasteiger partial charge is 0.459 e. The van der Waals surface area contributed by atoms with Gasteiger partial charge in [-0.15, -0.1) is 0 Å². The number of hydrogen-bond acceptors (Lipinski definition) is 11. The van der Waals surface area contributed by atoms with Crippen molar-refractivity contribution in [3.8, 4) is 0 Å². The Kier molecular flexibility index (Phi) is 7.24. The lowest BCUT2D eigenvalue weighted by Gasteiger charge is -2.64. The second-order valence-electron chi connectivity index (χ2n) is 18.9. The van der Waals surface area contributed by atoms with Crippen molar-refractivity contribution in [1.29, 1.82) is 0 Å². The quantitative estimate of drug-likeness (QED) is 0.219. The van der Waals surface area contributed by atoms with Gasteiger partial charge in [0.15, 0.2) is 12.1 Å². The molecule has 11 nitrogen and oxygen atoms in total. The number of fused-ring (bicyclic) bond motifs is 4. The van der Waals surface area contributed by atoms with Gasteiger partial charge in [0.1, 0.15) is 30.0 Å². The molecule has 3 saturated heterocycles. The highest BCUT2D eigenvalue weighted by molar-refractivity contribution is 5.66. The topological polar surface area (TPSA) is 164 Å². The third-order valence-electron chi connectivity index (χ3n) is 16.4. The van der Waals surface area contributed by atoms with Crippen LogP contribution in [0.1, 0.15) is 106 Å². The van der Waals surface area contributed by atoms with Gasteiger partial charge in [0, 0.05) is 30.1 Å². The van der Waals surface area contributed by atoms with Crippen LogP contribution < -0.4 is 0 Å². The van der Waals surface area contributed by atoms with Crippen LogP contribution in [0, 0.1) is 44.8 Å². The van der Waals surface area contributed by atoms with Gasteiger partial charge in [-0.3, -0.25) is 4.79 Å². The fourth-order valence-electron chi connectivity index (χ4n) is 14.1. The smallest absolute Gasteiger partial charge is 0.303 e. The summed E-state index contributed by atoms with van der Waals surface area (Å²) in [5, 5.41) is 54.9. The molecule has 272 valence electrons. The fourth-order valence-corrected chi connectivity index (χ4v) is 14.1. The number of ether oxygens (including phenoxy) is 5. The Morgan fingerprint density at radius 2 is 1.52 bits per heavy atom. The molecule has 5 saturated carbocycles.